The minimum absolute atomic E-state index is 0.364. The van der Waals surface area contributed by atoms with Crippen molar-refractivity contribution in [2.75, 3.05) is 32.8 Å². The smallest absolute Gasteiger partial charge is 0.119 e. The maximum atomic E-state index is 5.57. The molecule has 1 unspecified atom stereocenters. The zero-order chi connectivity index (χ0) is 15.9. The molecule has 0 bridgehead atoms. The monoisotopic (exact) mass is 311 g/mol. The Morgan fingerprint density at radius 3 is 2.57 bits per heavy atom. The predicted octanol–water partition coefficient (Wildman–Crippen LogP) is 2.67. The predicted molar refractivity (Wildman–Crippen MR) is 92.7 cm³/mol. The van der Waals surface area contributed by atoms with E-state index in [2.05, 4.69) is 51.6 Å². The summed E-state index contributed by atoms with van der Waals surface area (Å²) in [5.41, 5.74) is 2.48. The molecule has 2 heterocycles. The van der Waals surface area contributed by atoms with Crippen LogP contribution in [0.2, 0.25) is 0 Å². The Balaban J connectivity index is 1.81. The van der Waals surface area contributed by atoms with Crippen LogP contribution in [0.15, 0.2) is 48.7 Å². The number of benzene rings is 1. The Kier molecular flexibility index (Phi) is 5.61. The minimum atomic E-state index is 0.364. The molecule has 4 nitrogen and oxygen atoms in total. The van der Waals surface area contributed by atoms with Gasteiger partial charge in [-0.15, -0.1) is 0 Å². The summed E-state index contributed by atoms with van der Waals surface area (Å²) in [7, 11) is 0. The van der Waals surface area contributed by atoms with Crippen LogP contribution >= 0.6 is 0 Å². The maximum absolute atomic E-state index is 5.57. The molecule has 1 aliphatic rings. The summed E-state index contributed by atoms with van der Waals surface area (Å²) in [4.78, 5) is 7.08. The Labute approximate surface area is 138 Å². The standard InChI is InChI=1S/C19H25N3O/c1-2-23-18-8-6-16(7-9-18)19(22-13-11-20-12-14-22)15-17-5-3-4-10-21-17/h3-10,19-20H,2,11-15H2,1H3. The van der Waals surface area contributed by atoms with Crippen LogP contribution in [0.1, 0.15) is 24.2 Å². The zero-order valence-corrected chi connectivity index (χ0v) is 13.7. The van der Waals surface area contributed by atoms with Crippen LogP contribution in [0.3, 0.4) is 0 Å². The van der Waals surface area contributed by atoms with Crippen LogP contribution in [0.4, 0.5) is 0 Å². The zero-order valence-electron chi connectivity index (χ0n) is 13.7. The lowest BCUT2D eigenvalue weighted by molar-refractivity contribution is 0.171. The minimum Gasteiger partial charge on any atom is -0.494 e. The molecule has 1 N–H and O–H groups in total. The molecule has 1 atom stereocenters. The maximum Gasteiger partial charge on any atom is 0.119 e. The highest BCUT2D eigenvalue weighted by atomic mass is 16.5. The van der Waals surface area contributed by atoms with Gasteiger partial charge >= 0.3 is 0 Å². The molecule has 0 aliphatic carbocycles. The first-order valence-corrected chi connectivity index (χ1v) is 8.44. The average Bonchev–Trinajstić information content (AvgIpc) is 2.62. The summed E-state index contributed by atoms with van der Waals surface area (Å²) >= 11 is 0. The number of nitrogens with zero attached hydrogens (tertiary/aromatic N) is 2. The highest BCUT2D eigenvalue weighted by Crippen LogP contribution is 2.26. The molecule has 0 saturated carbocycles. The Morgan fingerprint density at radius 2 is 1.91 bits per heavy atom. The topological polar surface area (TPSA) is 37.4 Å². The molecular weight excluding hydrogens is 286 g/mol. The molecule has 0 radical (unpaired) electrons. The van der Waals surface area contributed by atoms with E-state index in [1.54, 1.807) is 0 Å². The summed E-state index contributed by atoms with van der Waals surface area (Å²) in [6, 6.07) is 15.1. The Hall–Kier alpha value is -1.91. The van der Waals surface area contributed by atoms with Crippen LogP contribution in [-0.2, 0) is 6.42 Å². The van der Waals surface area contributed by atoms with Gasteiger partial charge in [-0.2, -0.15) is 0 Å². The average molecular weight is 311 g/mol. The first kappa shape index (κ1) is 16.0. The van der Waals surface area contributed by atoms with Crippen molar-refractivity contribution in [1.82, 2.24) is 15.2 Å². The number of pyridine rings is 1. The summed E-state index contributed by atoms with van der Waals surface area (Å²) in [5, 5.41) is 3.43. The van der Waals surface area contributed by atoms with Crippen LogP contribution in [0.25, 0.3) is 0 Å². The largest absolute Gasteiger partial charge is 0.494 e. The van der Waals surface area contributed by atoms with Crippen molar-refractivity contribution >= 4 is 0 Å². The van der Waals surface area contributed by atoms with Crippen molar-refractivity contribution in [3.63, 3.8) is 0 Å². The fraction of sp³-hybridized carbons (Fsp3) is 0.421. The van der Waals surface area contributed by atoms with Crippen molar-refractivity contribution in [3.8, 4) is 5.75 Å². The molecule has 1 aromatic heterocycles. The van der Waals surface area contributed by atoms with Crippen LogP contribution < -0.4 is 10.1 Å². The highest BCUT2D eigenvalue weighted by molar-refractivity contribution is 5.30. The van der Waals surface area contributed by atoms with Crippen molar-refractivity contribution in [3.05, 3.63) is 59.9 Å². The molecule has 23 heavy (non-hydrogen) atoms. The lowest BCUT2D eigenvalue weighted by Crippen LogP contribution is -2.45. The van der Waals surface area contributed by atoms with Gasteiger partial charge in [-0.1, -0.05) is 18.2 Å². The Morgan fingerprint density at radius 1 is 1.13 bits per heavy atom. The van der Waals surface area contributed by atoms with E-state index in [1.807, 2.05) is 19.2 Å². The molecule has 1 aliphatic heterocycles. The number of hydrogen-bond donors (Lipinski definition) is 1. The molecule has 2 aromatic rings. The van der Waals surface area contributed by atoms with Gasteiger partial charge in [0.2, 0.25) is 0 Å². The van der Waals surface area contributed by atoms with Crippen molar-refractivity contribution < 1.29 is 4.74 Å². The summed E-state index contributed by atoms with van der Waals surface area (Å²) < 4.78 is 5.57. The highest BCUT2D eigenvalue weighted by Gasteiger charge is 2.22. The molecule has 3 rings (SSSR count). The van der Waals surface area contributed by atoms with E-state index in [9.17, 15) is 0 Å². The SMILES string of the molecule is CCOc1ccc(C(Cc2ccccn2)N2CCNCC2)cc1. The van der Waals surface area contributed by atoms with E-state index in [1.165, 1.54) is 5.56 Å². The summed E-state index contributed by atoms with van der Waals surface area (Å²) in [5.74, 6) is 0.938. The molecule has 122 valence electrons. The van der Waals surface area contributed by atoms with E-state index in [-0.39, 0.29) is 0 Å². The van der Waals surface area contributed by atoms with Crippen LogP contribution in [0, 0.1) is 0 Å². The van der Waals surface area contributed by atoms with Gasteiger partial charge in [0.25, 0.3) is 0 Å². The normalized spacial score (nSPS) is 16.9. The molecule has 0 spiro atoms. The van der Waals surface area contributed by atoms with Gasteiger partial charge in [0.1, 0.15) is 5.75 Å². The second-order valence-electron chi connectivity index (χ2n) is 5.83. The third-order valence-electron chi connectivity index (χ3n) is 4.30. The Bertz CT molecular complexity index is 579. The lowest BCUT2D eigenvalue weighted by Gasteiger charge is -2.35. The quantitative estimate of drug-likeness (QED) is 0.890. The van der Waals surface area contributed by atoms with Gasteiger partial charge < -0.3 is 10.1 Å². The fourth-order valence-corrected chi connectivity index (χ4v) is 3.12. The first-order valence-electron chi connectivity index (χ1n) is 8.44. The van der Waals surface area contributed by atoms with E-state index >= 15 is 0 Å². The number of hydrogen-bond acceptors (Lipinski definition) is 4. The van der Waals surface area contributed by atoms with Crippen LogP contribution in [-0.4, -0.2) is 42.7 Å². The first-order chi connectivity index (χ1) is 11.4. The number of nitrogens with one attached hydrogen (secondary N) is 1. The lowest BCUT2D eigenvalue weighted by atomic mass is 9.99. The summed E-state index contributed by atoms with van der Waals surface area (Å²) in [6.45, 7) is 6.97. The molecule has 1 aromatic carbocycles. The van der Waals surface area contributed by atoms with Crippen molar-refractivity contribution in [2.24, 2.45) is 0 Å². The van der Waals surface area contributed by atoms with E-state index < -0.39 is 0 Å². The second-order valence-corrected chi connectivity index (χ2v) is 5.83. The molecule has 0 amide bonds. The third-order valence-corrected chi connectivity index (χ3v) is 4.30. The van der Waals surface area contributed by atoms with Crippen molar-refractivity contribution in [2.45, 2.75) is 19.4 Å². The van der Waals surface area contributed by atoms with Crippen LogP contribution in [0.5, 0.6) is 5.75 Å². The molecular formula is C19H25N3O. The van der Waals surface area contributed by atoms with Gasteiger partial charge in [-0.05, 0) is 36.8 Å². The number of rotatable bonds is 6. The number of ether oxygens (including phenoxy) is 1. The molecule has 1 fully saturated rings. The molecule has 4 heteroatoms. The van der Waals surface area contributed by atoms with E-state index in [0.717, 1.165) is 44.0 Å². The van der Waals surface area contributed by atoms with Gasteiger partial charge in [-0.25, -0.2) is 0 Å². The summed E-state index contributed by atoms with van der Waals surface area (Å²) in [6.07, 6.45) is 2.82. The number of aromatic nitrogens is 1. The number of piperazine rings is 1. The third kappa shape index (κ3) is 4.30. The van der Waals surface area contributed by atoms with Gasteiger partial charge in [0.15, 0.2) is 0 Å². The van der Waals surface area contributed by atoms with Gasteiger partial charge in [0.05, 0.1) is 6.61 Å². The second kappa shape index (κ2) is 8.09. The molecule has 1 saturated heterocycles. The van der Waals surface area contributed by atoms with Gasteiger partial charge in [-0.3, -0.25) is 9.88 Å². The van der Waals surface area contributed by atoms with Gasteiger partial charge in [0, 0.05) is 50.5 Å². The van der Waals surface area contributed by atoms with E-state index in [4.69, 9.17) is 4.74 Å². The fourth-order valence-electron chi connectivity index (χ4n) is 3.12. The van der Waals surface area contributed by atoms with Crippen molar-refractivity contribution in [1.29, 1.82) is 0 Å². The van der Waals surface area contributed by atoms with E-state index in [0.29, 0.717) is 12.6 Å².